The third kappa shape index (κ3) is 3.57. The Balaban J connectivity index is 1.77. The Labute approximate surface area is 116 Å². The summed E-state index contributed by atoms with van der Waals surface area (Å²) >= 11 is 5.76. The quantitative estimate of drug-likeness (QED) is 0.843. The Morgan fingerprint density at radius 2 is 2.32 bits per heavy atom. The Morgan fingerprint density at radius 1 is 1.53 bits per heavy atom. The van der Waals surface area contributed by atoms with E-state index < -0.39 is 0 Å². The van der Waals surface area contributed by atoms with Crippen molar-refractivity contribution in [1.29, 1.82) is 0 Å². The third-order valence-electron chi connectivity index (χ3n) is 2.69. The van der Waals surface area contributed by atoms with Crippen LogP contribution in [0.5, 0.6) is 0 Å². The Hall–Kier alpha value is -1.82. The van der Waals surface area contributed by atoms with Gasteiger partial charge in [0.2, 0.25) is 0 Å². The Kier molecular flexibility index (Phi) is 4.21. The van der Waals surface area contributed by atoms with E-state index in [0.717, 1.165) is 18.7 Å². The molecule has 102 valence electrons. The van der Waals surface area contributed by atoms with Gasteiger partial charge in [0.1, 0.15) is 5.69 Å². The van der Waals surface area contributed by atoms with Crippen LogP contribution in [0.15, 0.2) is 18.5 Å². The summed E-state index contributed by atoms with van der Waals surface area (Å²) < 4.78 is 3.33. The van der Waals surface area contributed by atoms with E-state index >= 15 is 0 Å². The van der Waals surface area contributed by atoms with Crippen LogP contribution in [0.1, 0.15) is 22.6 Å². The molecule has 0 unspecified atom stereocenters. The van der Waals surface area contributed by atoms with Gasteiger partial charge in [-0.2, -0.15) is 10.2 Å². The highest BCUT2D eigenvalue weighted by molar-refractivity contribution is 6.30. The number of aromatic nitrogens is 4. The Bertz CT molecular complexity index is 574. The predicted octanol–water partition coefficient (Wildman–Crippen LogP) is 1.40. The molecule has 0 saturated carbocycles. The van der Waals surface area contributed by atoms with E-state index in [1.54, 1.807) is 34.9 Å². The summed E-state index contributed by atoms with van der Waals surface area (Å²) in [6, 6.07) is 1.77. The van der Waals surface area contributed by atoms with Gasteiger partial charge in [-0.05, 0) is 19.4 Å². The normalized spacial score (nSPS) is 10.7. The summed E-state index contributed by atoms with van der Waals surface area (Å²) in [6.07, 6.45) is 4.15. The highest BCUT2D eigenvalue weighted by Gasteiger charge is 2.10. The van der Waals surface area contributed by atoms with Crippen LogP contribution in [0.25, 0.3) is 0 Å². The molecule has 0 fully saturated rings. The van der Waals surface area contributed by atoms with Crippen molar-refractivity contribution < 1.29 is 4.79 Å². The zero-order valence-electron chi connectivity index (χ0n) is 10.9. The number of amides is 1. The number of halogens is 1. The average molecular weight is 282 g/mol. The van der Waals surface area contributed by atoms with Gasteiger partial charge in [0, 0.05) is 26.3 Å². The lowest BCUT2D eigenvalue weighted by Gasteiger charge is -2.05. The molecule has 0 spiro atoms. The molecule has 2 aromatic heterocycles. The van der Waals surface area contributed by atoms with Crippen LogP contribution in [0.3, 0.4) is 0 Å². The van der Waals surface area contributed by atoms with Gasteiger partial charge in [-0.3, -0.25) is 14.2 Å². The minimum absolute atomic E-state index is 0.110. The predicted molar refractivity (Wildman–Crippen MR) is 72.1 cm³/mol. The lowest BCUT2D eigenvalue weighted by molar-refractivity contribution is 0.0943. The first-order valence-corrected chi connectivity index (χ1v) is 6.41. The number of aryl methyl sites for hydroxylation is 3. The van der Waals surface area contributed by atoms with Gasteiger partial charge in [-0.25, -0.2) is 0 Å². The lowest BCUT2D eigenvalue weighted by Crippen LogP contribution is -2.27. The molecule has 1 amide bonds. The molecule has 0 aliphatic heterocycles. The van der Waals surface area contributed by atoms with Crippen LogP contribution in [-0.4, -0.2) is 32.0 Å². The first kappa shape index (κ1) is 13.6. The number of rotatable bonds is 5. The van der Waals surface area contributed by atoms with E-state index in [0.29, 0.717) is 17.3 Å². The minimum atomic E-state index is -0.110. The highest BCUT2D eigenvalue weighted by atomic mass is 35.5. The van der Waals surface area contributed by atoms with Crippen LogP contribution in [-0.2, 0) is 13.6 Å². The first-order chi connectivity index (χ1) is 9.06. The highest BCUT2D eigenvalue weighted by Crippen LogP contribution is 2.05. The average Bonchev–Trinajstić information content (AvgIpc) is 2.90. The summed E-state index contributed by atoms with van der Waals surface area (Å²) in [4.78, 5) is 11.9. The maximum Gasteiger partial charge on any atom is 0.269 e. The minimum Gasteiger partial charge on any atom is -0.351 e. The monoisotopic (exact) mass is 281 g/mol. The van der Waals surface area contributed by atoms with Gasteiger partial charge in [-0.15, -0.1) is 0 Å². The molecule has 0 aliphatic rings. The van der Waals surface area contributed by atoms with E-state index in [-0.39, 0.29) is 5.91 Å². The molecule has 6 nitrogen and oxygen atoms in total. The molecule has 7 heteroatoms. The van der Waals surface area contributed by atoms with Gasteiger partial charge in [0.15, 0.2) is 0 Å². The van der Waals surface area contributed by atoms with E-state index in [1.807, 2.05) is 6.92 Å². The lowest BCUT2D eigenvalue weighted by atomic mass is 10.3. The molecule has 19 heavy (non-hydrogen) atoms. The second-order valence-electron chi connectivity index (χ2n) is 4.33. The fraction of sp³-hybridized carbons (Fsp3) is 0.417. The van der Waals surface area contributed by atoms with E-state index in [4.69, 9.17) is 11.6 Å². The second-order valence-corrected chi connectivity index (χ2v) is 4.76. The van der Waals surface area contributed by atoms with Gasteiger partial charge in [-0.1, -0.05) is 11.6 Å². The second kappa shape index (κ2) is 5.88. The zero-order valence-corrected chi connectivity index (χ0v) is 11.7. The van der Waals surface area contributed by atoms with E-state index in [2.05, 4.69) is 15.5 Å². The topological polar surface area (TPSA) is 64.7 Å². The molecule has 1 N–H and O–H groups in total. The SMILES string of the molecule is Cc1cc(C(=O)NCCCn2cc(Cl)cn2)n(C)n1. The van der Waals surface area contributed by atoms with Crippen molar-refractivity contribution in [3.05, 3.63) is 34.9 Å². The van der Waals surface area contributed by atoms with Crippen LogP contribution in [0, 0.1) is 6.92 Å². The fourth-order valence-corrected chi connectivity index (χ4v) is 1.97. The van der Waals surface area contributed by atoms with Crippen LogP contribution >= 0.6 is 11.6 Å². The largest absolute Gasteiger partial charge is 0.351 e. The summed E-state index contributed by atoms with van der Waals surface area (Å²) in [6.45, 7) is 3.16. The van der Waals surface area contributed by atoms with Crippen molar-refractivity contribution in [3.63, 3.8) is 0 Å². The molecule has 0 aromatic carbocycles. The summed E-state index contributed by atoms with van der Waals surface area (Å²) in [7, 11) is 1.76. The van der Waals surface area contributed by atoms with Gasteiger partial charge in [0.05, 0.1) is 16.9 Å². The van der Waals surface area contributed by atoms with Crippen molar-refractivity contribution in [2.24, 2.45) is 7.05 Å². The molecule has 0 aliphatic carbocycles. The molecular formula is C12H16ClN5O. The maximum absolute atomic E-state index is 11.9. The molecule has 0 radical (unpaired) electrons. The molecular weight excluding hydrogens is 266 g/mol. The standard InChI is InChI=1S/C12H16ClN5O/c1-9-6-11(17(2)16-9)12(19)14-4-3-5-18-8-10(13)7-15-18/h6-8H,3-5H2,1-2H3,(H,14,19). The number of nitrogens with zero attached hydrogens (tertiary/aromatic N) is 4. The van der Waals surface area contributed by atoms with E-state index in [1.165, 1.54) is 0 Å². The maximum atomic E-state index is 11.9. The number of nitrogens with one attached hydrogen (secondary N) is 1. The molecule has 0 saturated heterocycles. The molecule has 0 atom stereocenters. The number of hydrogen-bond donors (Lipinski definition) is 1. The fourth-order valence-electron chi connectivity index (χ4n) is 1.82. The summed E-state index contributed by atoms with van der Waals surface area (Å²) in [5, 5.41) is 11.7. The third-order valence-corrected chi connectivity index (χ3v) is 2.88. The van der Waals surface area contributed by atoms with Crippen molar-refractivity contribution in [2.45, 2.75) is 19.9 Å². The summed E-state index contributed by atoms with van der Waals surface area (Å²) in [5.74, 6) is -0.110. The number of carbonyl (C=O) groups is 1. The molecule has 2 heterocycles. The van der Waals surface area contributed by atoms with Crippen LogP contribution in [0.2, 0.25) is 5.02 Å². The summed E-state index contributed by atoms with van der Waals surface area (Å²) in [5.41, 5.74) is 1.40. The van der Waals surface area contributed by atoms with Crippen LogP contribution < -0.4 is 5.32 Å². The zero-order chi connectivity index (χ0) is 13.8. The first-order valence-electron chi connectivity index (χ1n) is 6.03. The van der Waals surface area contributed by atoms with Gasteiger partial charge < -0.3 is 5.32 Å². The molecule has 2 aromatic rings. The van der Waals surface area contributed by atoms with Crippen molar-refractivity contribution in [2.75, 3.05) is 6.54 Å². The van der Waals surface area contributed by atoms with Crippen molar-refractivity contribution in [3.8, 4) is 0 Å². The van der Waals surface area contributed by atoms with Crippen molar-refractivity contribution >= 4 is 17.5 Å². The van der Waals surface area contributed by atoms with E-state index in [9.17, 15) is 4.79 Å². The molecule has 0 bridgehead atoms. The van der Waals surface area contributed by atoms with Gasteiger partial charge in [0.25, 0.3) is 5.91 Å². The number of hydrogen-bond acceptors (Lipinski definition) is 3. The van der Waals surface area contributed by atoms with Crippen molar-refractivity contribution in [1.82, 2.24) is 24.9 Å². The van der Waals surface area contributed by atoms with Crippen LogP contribution in [0.4, 0.5) is 0 Å². The Morgan fingerprint density at radius 3 is 2.89 bits per heavy atom. The molecule has 2 rings (SSSR count). The van der Waals surface area contributed by atoms with Gasteiger partial charge >= 0.3 is 0 Å². The number of carbonyl (C=O) groups excluding carboxylic acids is 1. The smallest absolute Gasteiger partial charge is 0.269 e.